The van der Waals surface area contributed by atoms with E-state index in [0.29, 0.717) is 48.7 Å². The van der Waals surface area contributed by atoms with E-state index >= 15 is 0 Å². The van der Waals surface area contributed by atoms with Gasteiger partial charge in [0.1, 0.15) is 12.1 Å². The molecule has 1 amide bonds. The number of amides is 1. The van der Waals surface area contributed by atoms with E-state index in [-0.39, 0.29) is 12.0 Å². The first kappa shape index (κ1) is 18.0. The lowest BCUT2D eigenvalue weighted by atomic mass is 10.2. The van der Waals surface area contributed by atoms with Crippen LogP contribution in [-0.2, 0) is 11.3 Å². The van der Waals surface area contributed by atoms with Crippen LogP contribution in [0.15, 0.2) is 23.1 Å². The third-order valence-electron chi connectivity index (χ3n) is 5.58. The normalized spacial score (nSPS) is 20.0. The van der Waals surface area contributed by atoms with Gasteiger partial charge in [0.2, 0.25) is 0 Å². The van der Waals surface area contributed by atoms with E-state index in [1.807, 2.05) is 0 Å². The lowest BCUT2D eigenvalue weighted by Crippen LogP contribution is -2.47. The van der Waals surface area contributed by atoms with Gasteiger partial charge in [-0.05, 0) is 25.8 Å². The van der Waals surface area contributed by atoms with E-state index in [2.05, 4.69) is 25.2 Å². The van der Waals surface area contributed by atoms with Gasteiger partial charge in [-0.15, -0.1) is 5.10 Å². The van der Waals surface area contributed by atoms with Crippen LogP contribution in [0.3, 0.4) is 0 Å². The molecule has 0 spiro atoms. The monoisotopic (exact) mass is 397 g/mol. The molecular weight excluding hydrogens is 374 g/mol. The highest BCUT2D eigenvalue weighted by atomic mass is 16.5. The number of ether oxygens (including phenoxy) is 1. The SMILES string of the molecule is Cc1occc1C(=O)N1CCO[C@H](Cn2nnc3c(N4CCCC4)ncnc32)C1. The Kier molecular flexibility index (Phi) is 4.62. The van der Waals surface area contributed by atoms with Crippen molar-refractivity contribution >= 4 is 22.9 Å². The minimum atomic E-state index is -0.185. The number of morpholine rings is 1. The topological polar surface area (TPSA) is 102 Å². The zero-order chi connectivity index (χ0) is 19.8. The molecule has 10 heteroatoms. The molecular formula is C19H23N7O3. The molecule has 0 radical (unpaired) electrons. The number of hydrogen-bond donors (Lipinski definition) is 0. The first-order valence-electron chi connectivity index (χ1n) is 9.95. The number of furan rings is 1. The fourth-order valence-corrected chi connectivity index (χ4v) is 4.05. The van der Waals surface area contributed by atoms with Crippen LogP contribution in [-0.4, -0.2) is 74.7 Å². The third-order valence-corrected chi connectivity index (χ3v) is 5.58. The van der Waals surface area contributed by atoms with Gasteiger partial charge in [-0.2, -0.15) is 0 Å². The van der Waals surface area contributed by atoms with Crippen LogP contribution in [0.4, 0.5) is 5.82 Å². The average Bonchev–Trinajstić information content (AvgIpc) is 3.49. The van der Waals surface area contributed by atoms with Crippen molar-refractivity contribution in [2.75, 3.05) is 37.7 Å². The zero-order valence-corrected chi connectivity index (χ0v) is 16.3. The molecule has 2 aliphatic heterocycles. The van der Waals surface area contributed by atoms with Crippen molar-refractivity contribution in [2.24, 2.45) is 0 Å². The fourth-order valence-electron chi connectivity index (χ4n) is 4.05. The molecule has 0 saturated carbocycles. The molecule has 2 fully saturated rings. The third kappa shape index (κ3) is 3.33. The Bertz CT molecular complexity index is 1020. The number of carbonyl (C=O) groups excluding carboxylic acids is 1. The summed E-state index contributed by atoms with van der Waals surface area (Å²) in [5, 5.41) is 8.63. The van der Waals surface area contributed by atoms with Crippen molar-refractivity contribution in [3.8, 4) is 0 Å². The lowest BCUT2D eigenvalue weighted by Gasteiger charge is -2.32. The van der Waals surface area contributed by atoms with E-state index in [1.165, 1.54) is 0 Å². The summed E-state index contributed by atoms with van der Waals surface area (Å²) in [6.45, 7) is 5.75. The quantitative estimate of drug-likeness (QED) is 0.648. The number of hydrogen-bond acceptors (Lipinski definition) is 8. The second-order valence-corrected chi connectivity index (χ2v) is 7.47. The summed E-state index contributed by atoms with van der Waals surface area (Å²) in [4.78, 5) is 25.6. The van der Waals surface area contributed by atoms with Crippen LogP contribution in [0.5, 0.6) is 0 Å². The van der Waals surface area contributed by atoms with Crippen molar-refractivity contribution in [1.29, 1.82) is 0 Å². The highest BCUT2D eigenvalue weighted by molar-refractivity contribution is 5.95. The molecule has 3 aromatic heterocycles. The molecule has 0 N–H and O–H groups in total. The molecule has 0 unspecified atom stereocenters. The van der Waals surface area contributed by atoms with Gasteiger partial charge in [0.15, 0.2) is 17.0 Å². The summed E-state index contributed by atoms with van der Waals surface area (Å²) < 4.78 is 12.9. The number of anilines is 1. The van der Waals surface area contributed by atoms with Gasteiger partial charge in [-0.25, -0.2) is 14.6 Å². The van der Waals surface area contributed by atoms with Crippen LogP contribution in [0, 0.1) is 6.92 Å². The van der Waals surface area contributed by atoms with E-state index in [4.69, 9.17) is 9.15 Å². The zero-order valence-electron chi connectivity index (χ0n) is 16.3. The molecule has 1 atom stereocenters. The van der Waals surface area contributed by atoms with Crippen LogP contribution < -0.4 is 4.90 Å². The second-order valence-electron chi connectivity index (χ2n) is 7.47. The molecule has 10 nitrogen and oxygen atoms in total. The molecule has 0 aliphatic carbocycles. The van der Waals surface area contributed by atoms with E-state index in [0.717, 1.165) is 31.7 Å². The Balaban J connectivity index is 1.33. The summed E-state index contributed by atoms with van der Waals surface area (Å²) in [5.74, 6) is 1.44. The largest absolute Gasteiger partial charge is 0.469 e. The molecule has 152 valence electrons. The minimum Gasteiger partial charge on any atom is -0.469 e. The average molecular weight is 397 g/mol. The van der Waals surface area contributed by atoms with Gasteiger partial charge in [0.25, 0.3) is 5.91 Å². The molecule has 29 heavy (non-hydrogen) atoms. The smallest absolute Gasteiger partial charge is 0.257 e. The molecule has 3 aromatic rings. The van der Waals surface area contributed by atoms with Gasteiger partial charge in [-0.1, -0.05) is 5.21 Å². The predicted molar refractivity (Wildman–Crippen MR) is 104 cm³/mol. The Morgan fingerprint density at radius 1 is 1.24 bits per heavy atom. The number of fused-ring (bicyclic) bond motifs is 1. The Morgan fingerprint density at radius 2 is 2.10 bits per heavy atom. The first-order valence-corrected chi connectivity index (χ1v) is 9.95. The molecule has 0 bridgehead atoms. The lowest BCUT2D eigenvalue weighted by molar-refractivity contribution is -0.0297. The number of nitrogens with zero attached hydrogens (tertiary/aromatic N) is 7. The summed E-state index contributed by atoms with van der Waals surface area (Å²) in [6, 6.07) is 1.71. The predicted octanol–water partition coefficient (Wildman–Crippen LogP) is 1.26. The maximum Gasteiger partial charge on any atom is 0.257 e. The number of rotatable bonds is 4. The highest BCUT2D eigenvalue weighted by Gasteiger charge is 2.28. The van der Waals surface area contributed by atoms with Crippen molar-refractivity contribution in [2.45, 2.75) is 32.4 Å². The van der Waals surface area contributed by atoms with Gasteiger partial charge in [0.05, 0.1) is 31.1 Å². The molecule has 2 saturated heterocycles. The van der Waals surface area contributed by atoms with Gasteiger partial charge < -0.3 is 19.0 Å². The summed E-state index contributed by atoms with van der Waals surface area (Å²) in [7, 11) is 0. The van der Waals surface area contributed by atoms with Crippen molar-refractivity contribution in [1.82, 2.24) is 29.9 Å². The van der Waals surface area contributed by atoms with E-state index < -0.39 is 0 Å². The maximum atomic E-state index is 12.8. The van der Waals surface area contributed by atoms with Gasteiger partial charge >= 0.3 is 0 Å². The van der Waals surface area contributed by atoms with Crippen LogP contribution in [0.1, 0.15) is 29.0 Å². The number of aryl methyl sites for hydroxylation is 1. The summed E-state index contributed by atoms with van der Waals surface area (Å²) >= 11 is 0. The molecule has 0 aromatic carbocycles. The molecule has 2 aliphatic rings. The number of aromatic nitrogens is 5. The first-order chi connectivity index (χ1) is 14.2. The van der Waals surface area contributed by atoms with Crippen LogP contribution in [0.25, 0.3) is 11.2 Å². The Labute approximate surface area is 167 Å². The van der Waals surface area contributed by atoms with Gasteiger partial charge in [-0.3, -0.25) is 4.79 Å². The Hall–Kier alpha value is -3.01. The van der Waals surface area contributed by atoms with Gasteiger partial charge in [0, 0.05) is 26.2 Å². The minimum absolute atomic E-state index is 0.0355. The highest BCUT2D eigenvalue weighted by Crippen LogP contribution is 2.24. The van der Waals surface area contributed by atoms with Crippen molar-refractivity contribution in [3.63, 3.8) is 0 Å². The van der Waals surface area contributed by atoms with Crippen LogP contribution >= 0.6 is 0 Å². The van der Waals surface area contributed by atoms with Crippen LogP contribution in [0.2, 0.25) is 0 Å². The fraction of sp³-hybridized carbons (Fsp3) is 0.526. The second kappa shape index (κ2) is 7.43. The Morgan fingerprint density at radius 3 is 2.90 bits per heavy atom. The van der Waals surface area contributed by atoms with E-state index in [1.54, 1.807) is 35.2 Å². The molecule has 5 heterocycles. The standard InChI is InChI=1S/C19H23N7O3/c1-13-15(4-8-28-13)19(27)25-7-9-29-14(10-25)11-26-18-16(22-23-26)17(20-12-21-18)24-5-2-3-6-24/h4,8,12,14H,2-3,5-7,9-11H2,1H3/t14-/m0/s1. The summed E-state index contributed by atoms with van der Waals surface area (Å²) in [5.41, 5.74) is 2.01. The number of carbonyl (C=O) groups is 1. The van der Waals surface area contributed by atoms with Crippen molar-refractivity contribution in [3.05, 3.63) is 30.0 Å². The molecule has 5 rings (SSSR count). The van der Waals surface area contributed by atoms with Crippen molar-refractivity contribution < 1.29 is 13.9 Å². The summed E-state index contributed by atoms with van der Waals surface area (Å²) in [6.07, 6.45) is 5.25. The van der Waals surface area contributed by atoms with E-state index in [9.17, 15) is 4.79 Å². The maximum absolute atomic E-state index is 12.8.